The van der Waals surface area contributed by atoms with Crippen LogP contribution in [0.3, 0.4) is 0 Å². The van der Waals surface area contributed by atoms with Gasteiger partial charge < -0.3 is 5.32 Å². The van der Waals surface area contributed by atoms with Crippen LogP contribution in [0, 0.1) is 0 Å². The summed E-state index contributed by atoms with van der Waals surface area (Å²) in [6, 6.07) is 0. The SMILES string of the molecule is CC[N-]CC.[Li+]. The molecule has 0 atom stereocenters. The van der Waals surface area contributed by atoms with E-state index in [1.165, 1.54) is 0 Å². The molecule has 0 aliphatic heterocycles. The summed E-state index contributed by atoms with van der Waals surface area (Å²) in [7, 11) is 0. The molecule has 0 N–H and O–H groups in total. The molecule has 0 aliphatic carbocycles. The van der Waals surface area contributed by atoms with E-state index in [-0.39, 0.29) is 18.9 Å². The van der Waals surface area contributed by atoms with E-state index < -0.39 is 0 Å². The molecule has 0 spiro atoms. The number of nitrogens with zero attached hydrogens (tertiary/aromatic N) is 1. The second kappa shape index (κ2) is 9.12. The Morgan fingerprint density at radius 2 is 1.50 bits per heavy atom. The van der Waals surface area contributed by atoms with Crippen LogP contribution in [0.4, 0.5) is 0 Å². The summed E-state index contributed by atoms with van der Waals surface area (Å²) in [5.74, 6) is 0. The fraction of sp³-hybridized carbons (Fsp3) is 1.00. The summed E-state index contributed by atoms with van der Waals surface area (Å²) in [4.78, 5) is 0. The molecule has 32 valence electrons. The maximum absolute atomic E-state index is 3.97. The van der Waals surface area contributed by atoms with Gasteiger partial charge in [0, 0.05) is 0 Å². The molecule has 0 amide bonds. The summed E-state index contributed by atoms with van der Waals surface area (Å²) in [6.07, 6.45) is 0. The third-order valence-electron chi connectivity index (χ3n) is 0.447. The second-order valence-corrected chi connectivity index (χ2v) is 0.856. The van der Waals surface area contributed by atoms with Crippen LogP contribution in [0.1, 0.15) is 13.8 Å². The van der Waals surface area contributed by atoms with Crippen LogP contribution in [-0.2, 0) is 0 Å². The van der Waals surface area contributed by atoms with Gasteiger partial charge in [0.1, 0.15) is 0 Å². The minimum absolute atomic E-state index is 0. The Balaban J connectivity index is 0. The molecule has 0 aliphatic rings. The molecule has 2 heteroatoms. The fourth-order valence-corrected chi connectivity index (χ4v) is 0.224. The van der Waals surface area contributed by atoms with Gasteiger partial charge in [-0.05, 0) is 0 Å². The Hall–Kier alpha value is 0.557. The summed E-state index contributed by atoms with van der Waals surface area (Å²) < 4.78 is 0. The molecular formula is C4H10LiN. The van der Waals surface area contributed by atoms with Gasteiger partial charge in [0.05, 0.1) is 0 Å². The van der Waals surface area contributed by atoms with Crippen LogP contribution in [0.25, 0.3) is 5.32 Å². The van der Waals surface area contributed by atoms with E-state index in [0.29, 0.717) is 0 Å². The van der Waals surface area contributed by atoms with E-state index >= 15 is 0 Å². The van der Waals surface area contributed by atoms with E-state index in [1.807, 2.05) is 13.8 Å². The predicted octanol–water partition coefficient (Wildman–Crippen LogP) is -1.60. The summed E-state index contributed by atoms with van der Waals surface area (Å²) in [6.45, 7) is 6.03. The smallest absolute Gasteiger partial charge is 0.663 e. The van der Waals surface area contributed by atoms with Crippen molar-refractivity contribution >= 4 is 0 Å². The Labute approximate surface area is 51.7 Å². The van der Waals surface area contributed by atoms with Crippen molar-refractivity contribution in [3.05, 3.63) is 5.32 Å². The van der Waals surface area contributed by atoms with Crippen LogP contribution in [0.15, 0.2) is 0 Å². The summed E-state index contributed by atoms with van der Waals surface area (Å²) >= 11 is 0. The topological polar surface area (TPSA) is 14.1 Å². The first-order chi connectivity index (χ1) is 2.41. The Bertz CT molecular complexity index is 15.0. The predicted molar refractivity (Wildman–Crippen MR) is 24.4 cm³/mol. The van der Waals surface area contributed by atoms with E-state index in [0.717, 1.165) is 13.1 Å². The van der Waals surface area contributed by atoms with Crippen LogP contribution in [0.2, 0.25) is 0 Å². The molecule has 0 aromatic rings. The molecule has 0 fully saturated rings. The van der Waals surface area contributed by atoms with Gasteiger partial charge in [-0.25, -0.2) is 0 Å². The average Bonchev–Trinajstić information content (AvgIpc) is 1.41. The maximum Gasteiger partial charge on any atom is 1.00 e. The molecule has 0 saturated carbocycles. The molecule has 0 rings (SSSR count). The molecular weight excluding hydrogens is 69.0 g/mol. The zero-order valence-corrected chi connectivity index (χ0v) is 4.86. The molecule has 0 radical (unpaired) electrons. The second-order valence-electron chi connectivity index (χ2n) is 0.856. The standard InChI is InChI=1S/C4H10N.Li/c1-3-5-4-2;/h3-4H2,1-2H3;/q-1;+1. The summed E-state index contributed by atoms with van der Waals surface area (Å²) in [5.41, 5.74) is 0. The largest absolute Gasteiger partial charge is 1.00 e. The third-order valence-corrected chi connectivity index (χ3v) is 0.447. The molecule has 6 heavy (non-hydrogen) atoms. The molecule has 0 saturated heterocycles. The van der Waals surface area contributed by atoms with E-state index in [1.54, 1.807) is 0 Å². The van der Waals surface area contributed by atoms with Crippen molar-refractivity contribution in [3.63, 3.8) is 0 Å². The van der Waals surface area contributed by atoms with Gasteiger partial charge in [0.15, 0.2) is 0 Å². The fourth-order valence-electron chi connectivity index (χ4n) is 0.224. The molecule has 0 bridgehead atoms. The van der Waals surface area contributed by atoms with Gasteiger partial charge in [-0.2, -0.15) is 13.1 Å². The third kappa shape index (κ3) is 8.82. The number of hydrogen-bond acceptors (Lipinski definition) is 0. The van der Waals surface area contributed by atoms with Gasteiger partial charge >= 0.3 is 18.9 Å². The first-order valence-electron chi connectivity index (χ1n) is 2.05. The van der Waals surface area contributed by atoms with Crippen molar-refractivity contribution in [3.8, 4) is 0 Å². The Kier molecular flexibility index (Phi) is 14.8. The van der Waals surface area contributed by atoms with E-state index in [9.17, 15) is 0 Å². The van der Waals surface area contributed by atoms with Gasteiger partial charge in [-0.1, -0.05) is 13.8 Å². The average molecular weight is 79.1 g/mol. The van der Waals surface area contributed by atoms with Crippen LogP contribution in [-0.4, -0.2) is 13.1 Å². The van der Waals surface area contributed by atoms with Crippen molar-refractivity contribution in [1.82, 2.24) is 0 Å². The normalized spacial score (nSPS) is 7.00. The molecule has 0 aromatic carbocycles. The maximum atomic E-state index is 3.97. The molecule has 0 aromatic heterocycles. The van der Waals surface area contributed by atoms with Crippen LogP contribution in [0.5, 0.6) is 0 Å². The first-order valence-corrected chi connectivity index (χ1v) is 2.05. The van der Waals surface area contributed by atoms with Crippen molar-refractivity contribution in [2.24, 2.45) is 0 Å². The Morgan fingerprint density at radius 3 is 1.50 bits per heavy atom. The zero-order chi connectivity index (χ0) is 4.12. The van der Waals surface area contributed by atoms with Crippen LogP contribution >= 0.6 is 0 Å². The molecule has 1 nitrogen and oxygen atoms in total. The monoisotopic (exact) mass is 79.1 g/mol. The molecule has 0 heterocycles. The number of rotatable bonds is 2. The summed E-state index contributed by atoms with van der Waals surface area (Å²) in [5, 5.41) is 3.97. The van der Waals surface area contributed by atoms with Crippen LogP contribution < -0.4 is 18.9 Å². The van der Waals surface area contributed by atoms with Crippen molar-refractivity contribution in [2.75, 3.05) is 13.1 Å². The van der Waals surface area contributed by atoms with E-state index in [4.69, 9.17) is 0 Å². The van der Waals surface area contributed by atoms with Gasteiger partial charge in [-0.15, -0.1) is 0 Å². The zero-order valence-electron chi connectivity index (χ0n) is 4.86. The Morgan fingerprint density at radius 1 is 1.17 bits per heavy atom. The minimum atomic E-state index is 0. The van der Waals surface area contributed by atoms with E-state index in [2.05, 4.69) is 5.32 Å². The molecule has 0 unspecified atom stereocenters. The first kappa shape index (κ1) is 9.75. The van der Waals surface area contributed by atoms with Crippen molar-refractivity contribution < 1.29 is 18.9 Å². The van der Waals surface area contributed by atoms with Gasteiger partial charge in [-0.3, -0.25) is 0 Å². The number of hydrogen-bond donors (Lipinski definition) is 0. The van der Waals surface area contributed by atoms with Crippen molar-refractivity contribution in [2.45, 2.75) is 13.8 Å². The minimum Gasteiger partial charge on any atom is -0.663 e. The van der Waals surface area contributed by atoms with Gasteiger partial charge in [0.2, 0.25) is 0 Å². The quantitative estimate of drug-likeness (QED) is 0.354. The van der Waals surface area contributed by atoms with Gasteiger partial charge in [0.25, 0.3) is 0 Å². The van der Waals surface area contributed by atoms with Crippen molar-refractivity contribution in [1.29, 1.82) is 0 Å².